The first kappa shape index (κ1) is 38.3. The van der Waals surface area contributed by atoms with Gasteiger partial charge in [0.15, 0.2) is 0 Å². The summed E-state index contributed by atoms with van der Waals surface area (Å²) in [7, 11) is 0. The van der Waals surface area contributed by atoms with Crippen molar-refractivity contribution in [2.24, 2.45) is 0 Å². The van der Waals surface area contributed by atoms with E-state index in [1.165, 1.54) is 106 Å². The Kier molecular flexibility index (Phi) is 9.12. The van der Waals surface area contributed by atoms with E-state index in [1.807, 2.05) is 0 Å². The number of allylic oxidation sites excluding steroid dienone is 4. The zero-order valence-electron chi connectivity index (χ0n) is 36.7. The van der Waals surface area contributed by atoms with Crippen molar-refractivity contribution in [3.8, 4) is 22.3 Å². The standard InChI is InChI=1S/C60H54N2/c1-59(2,3)52-36-40(24-33-49(52)42-28-30-47(31-29-42)61-55-18-10-6-14-43(55)26-27-44-15-7-11-19-56(44)61)22-23-41-25-34-50-51-35-32-48(39-54(51)60(4,5)53(50)37-41)62-57-20-12-8-16-45(57)38-46-17-9-13-21-58(46)62/h6-12,14-20,22-25,28-37,39H,13,21,26-27,38H2,1-5H3/b23-22+. The van der Waals surface area contributed by atoms with Gasteiger partial charge in [0.05, 0.1) is 0 Å². The molecule has 0 unspecified atom stereocenters. The van der Waals surface area contributed by atoms with Crippen molar-refractivity contribution in [2.75, 3.05) is 9.80 Å². The first-order valence-corrected chi connectivity index (χ1v) is 22.6. The largest absolute Gasteiger partial charge is 0.314 e. The summed E-state index contributed by atoms with van der Waals surface area (Å²) in [5.74, 6) is 0. The van der Waals surface area contributed by atoms with Crippen LogP contribution < -0.4 is 9.80 Å². The van der Waals surface area contributed by atoms with Crippen LogP contribution in [0.15, 0.2) is 175 Å². The Labute approximate surface area is 368 Å². The van der Waals surface area contributed by atoms with Crippen molar-refractivity contribution < 1.29 is 0 Å². The Morgan fingerprint density at radius 2 is 1.06 bits per heavy atom. The highest BCUT2D eigenvalue weighted by molar-refractivity contribution is 5.87. The van der Waals surface area contributed by atoms with Gasteiger partial charge in [0, 0.05) is 46.0 Å². The highest BCUT2D eigenvalue weighted by Crippen LogP contribution is 2.52. The summed E-state index contributed by atoms with van der Waals surface area (Å²) in [6.07, 6.45) is 14.6. The van der Waals surface area contributed by atoms with E-state index in [1.54, 1.807) is 0 Å². The smallest absolute Gasteiger partial charge is 0.0493 e. The Balaban J connectivity index is 0.882. The highest BCUT2D eigenvalue weighted by Gasteiger charge is 2.37. The third-order valence-corrected chi connectivity index (χ3v) is 13.9. The number of nitrogens with zero attached hydrogens (tertiary/aromatic N) is 2. The number of aryl methyl sites for hydroxylation is 2. The minimum absolute atomic E-state index is 0.0369. The average Bonchev–Trinajstić information content (AvgIpc) is 3.39. The third-order valence-electron chi connectivity index (χ3n) is 13.9. The van der Waals surface area contributed by atoms with Crippen LogP contribution in [0.5, 0.6) is 0 Å². The molecule has 0 amide bonds. The molecule has 2 heterocycles. The van der Waals surface area contributed by atoms with E-state index in [9.17, 15) is 0 Å². The summed E-state index contributed by atoms with van der Waals surface area (Å²) in [5.41, 5.74) is 25.1. The number of benzene rings is 7. The molecule has 0 radical (unpaired) electrons. The minimum atomic E-state index is -0.125. The maximum atomic E-state index is 2.55. The summed E-state index contributed by atoms with van der Waals surface area (Å²) in [6.45, 7) is 11.8. The van der Waals surface area contributed by atoms with Crippen LogP contribution in [0, 0.1) is 0 Å². The van der Waals surface area contributed by atoms with E-state index in [0.717, 1.165) is 32.1 Å². The van der Waals surface area contributed by atoms with E-state index in [0.29, 0.717) is 0 Å². The Bertz CT molecular complexity index is 2950. The monoisotopic (exact) mass is 802 g/mol. The van der Waals surface area contributed by atoms with Crippen molar-refractivity contribution in [1.29, 1.82) is 0 Å². The summed E-state index contributed by atoms with van der Waals surface area (Å²) in [5, 5.41) is 0. The van der Waals surface area contributed by atoms with Gasteiger partial charge in [-0.05, 0) is 146 Å². The SMILES string of the molecule is CC(C)(C)c1cc(/C=C/c2ccc3c(c2)C(C)(C)c2cc(N4C5=C(C=CCC5)Cc5ccccc54)ccc2-3)ccc1-c1ccc(N2c3ccccc3CCc3ccccc32)cc1. The molecule has 0 bridgehead atoms. The Morgan fingerprint density at radius 3 is 1.73 bits per heavy atom. The molecule has 62 heavy (non-hydrogen) atoms. The molecule has 0 atom stereocenters. The van der Waals surface area contributed by atoms with Crippen LogP contribution >= 0.6 is 0 Å². The molecule has 0 spiro atoms. The van der Waals surface area contributed by atoms with Crippen LogP contribution in [0.4, 0.5) is 28.4 Å². The predicted octanol–water partition coefficient (Wildman–Crippen LogP) is 16.0. The van der Waals surface area contributed by atoms with E-state index in [2.05, 4.69) is 220 Å². The molecule has 7 aromatic carbocycles. The fourth-order valence-electron chi connectivity index (χ4n) is 10.7. The fourth-order valence-corrected chi connectivity index (χ4v) is 10.7. The molecule has 0 N–H and O–H groups in total. The normalized spacial score (nSPS) is 16.0. The van der Waals surface area contributed by atoms with Gasteiger partial charge in [0.1, 0.15) is 0 Å². The summed E-state index contributed by atoms with van der Waals surface area (Å²) in [4.78, 5) is 5.00. The highest BCUT2D eigenvalue weighted by atomic mass is 15.2. The number of hydrogen-bond donors (Lipinski definition) is 0. The van der Waals surface area contributed by atoms with Crippen LogP contribution in [0.3, 0.4) is 0 Å². The van der Waals surface area contributed by atoms with Gasteiger partial charge in [-0.3, -0.25) is 0 Å². The van der Waals surface area contributed by atoms with E-state index >= 15 is 0 Å². The molecule has 304 valence electrons. The molecule has 2 nitrogen and oxygen atoms in total. The first-order valence-electron chi connectivity index (χ1n) is 22.6. The first-order chi connectivity index (χ1) is 30.1. The van der Waals surface area contributed by atoms with Gasteiger partial charge < -0.3 is 9.80 Å². The molecule has 0 saturated carbocycles. The van der Waals surface area contributed by atoms with Crippen LogP contribution in [0.1, 0.15) is 92.0 Å². The van der Waals surface area contributed by atoms with Crippen molar-refractivity contribution in [3.05, 3.63) is 220 Å². The van der Waals surface area contributed by atoms with Gasteiger partial charge in [0.2, 0.25) is 0 Å². The maximum absolute atomic E-state index is 2.55. The Hall–Kier alpha value is -6.64. The molecule has 0 saturated heterocycles. The van der Waals surface area contributed by atoms with E-state index in [4.69, 9.17) is 0 Å². The lowest BCUT2D eigenvalue weighted by molar-refractivity contribution is 0.592. The molecule has 2 aliphatic heterocycles. The van der Waals surface area contributed by atoms with Gasteiger partial charge >= 0.3 is 0 Å². The second-order valence-corrected chi connectivity index (χ2v) is 19.2. The molecule has 11 rings (SSSR count). The van der Waals surface area contributed by atoms with Gasteiger partial charge in [-0.2, -0.15) is 0 Å². The third kappa shape index (κ3) is 6.47. The molecule has 0 fully saturated rings. The van der Waals surface area contributed by atoms with Crippen LogP contribution in [-0.2, 0) is 30.1 Å². The van der Waals surface area contributed by atoms with Gasteiger partial charge in [-0.25, -0.2) is 0 Å². The number of anilines is 5. The van der Waals surface area contributed by atoms with Gasteiger partial charge in [-0.1, -0.05) is 168 Å². The van der Waals surface area contributed by atoms with E-state index < -0.39 is 0 Å². The lowest BCUT2D eigenvalue weighted by Gasteiger charge is -2.37. The number of hydrogen-bond acceptors (Lipinski definition) is 2. The summed E-state index contributed by atoms with van der Waals surface area (Å²) in [6, 6.07) is 57.2. The molecule has 7 aromatic rings. The molecule has 2 heteroatoms. The van der Waals surface area contributed by atoms with Crippen LogP contribution in [0.2, 0.25) is 0 Å². The lowest BCUT2D eigenvalue weighted by atomic mass is 9.80. The Morgan fingerprint density at radius 1 is 0.516 bits per heavy atom. The quantitative estimate of drug-likeness (QED) is 0.160. The molecule has 2 aliphatic carbocycles. The molecular weight excluding hydrogens is 749 g/mol. The number of para-hydroxylation sites is 3. The second-order valence-electron chi connectivity index (χ2n) is 19.2. The summed E-state index contributed by atoms with van der Waals surface area (Å²) < 4.78 is 0. The van der Waals surface area contributed by atoms with Crippen LogP contribution in [-0.4, -0.2) is 0 Å². The van der Waals surface area contributed by atoms with Gasteiger partial charge in [-0.15, -0.1) is 0 Å². The maximum Gasteiger partial charge on any atom is 0.0493 e. The number of fused-ring (bicyclic) bond motifs is 6. The average molecular weight is 803 g/mol. The van der Waals surface area contributed by atoms with Crippen molar-refractivity contribution >= 4 is 40.6 Å². The number of rotatable bonds is 5. The van der Waals surface area contributed by atoms with Gasteiger partial charge in [0.25, 0.3) is 0 Å². The predicted molar refractivity (Wildman–Crippen MR) is 263 cm³/mol. The van der Waals surface area contributed by atoms with Crippen LogP contribution in [0.25, 0.3) is 34.4 Å². The zero-order chi connectivity index (χ0) is 42.2. The summed E-state index contributed by atoms with van der Waals surface area (Å²) >= 11 is 0. The second kappa shape index (κ2) is 14.8. The van der Waals surface area contributed by atoms with E-state index in [-0.39, 0.29) is 10.8 Å². The minimum Gasteiger partial charge on any atom is -0.314 e. The van der Waals surface area contributed by atoms with Crippen molar-refractivity contribution in [2.45, 2.75) is 77.6 Å². The molecule has 0 aromatic heterocycles. The zero-order valence-corrected chi connectivity index (χ0v) is 36.7. The van der Waals surface area contributed by atoms with Crippen molar-refractivity contribution in [3.63, 3.8) is 0 Å². The molecular formula is C60H54N2. The molecule has 4 aliphatic rings. The van der Waals surface area contributed by atoms with Crippen molar-refractivity contribution in [1.82, 2.24) is 0 Å². The fraction of sp³-hybridized carbons (Fsp3) is 0.200. The topological polar surface area (TPSA) is 6.48 Å². The lowest BCUT2D eigenvalue weighted by Crippen LogP contribution is -2.25.